The average Bonchev–Trinajstić information content (AvgIpc) is 2.31. The monoisotopic (exact) mass is 251 g/mol. The molecule has 1 aromatic carbocycles. The summed E-state index contributed by atoms with van der Waals surface area (Å²) >= 11 is 0. The SMILES string of the molecule is COC(C)(C)C(C)Nc1ccc(OC(C)C)cc1. The number of benzene rings is 1. The van der Waals surface area contributed by atoms with E-state index < -0.39 is 0 Å². The van der Waals surface area contributed by atoms with Crippen LogP contribution < -0.4 is 10.1 Å². The molecule has 0 amide bonds. The van der Waals surface area contributed by atoms with Gasteiger partial charge in [0.2, 0.25) is 0 Å². The molecular formula is C15H25NO2. The van der Waals surface area contributed by atoms with E-state index >= 15 is 0 Å². The van der Waals surface area contributed by atoms with Crippen molar-refractivity contribution in [2.45, 2.75) is 52.4 Å². The number of rotatable bonds is 6. The molecular weight excluding hydrogens is 226 g/mol. The summed E-state index contributed by atoms with van der Waals surface area (Å²) in [6.07, 6.45) is 0.204. The minimum Gasteiger partial charge on any atom is -0.491 e. The molecule has 1 atom stereocenters. The maximum atomic E-state index is 5.61. The highest BCUT2D eigenvalue weighted by molar-refractivity contribution is 5.47. The van der Waals surface area contributed by atoms with E-state index in [4.69, 9.17) is 9.47 Å². The average molecular weight is 251 g/mol. The molecule has 1 aromatic rings. The Labute approximate surface area is 110 Å². The smallest absolute Gasteiger partial charge is 0.119 e. The van der Waals surface area contributed by atoms with E-state index in [2.05, 4.69) is 26.1 Å². The number of methoxy groups -OCH3 is 1. The van der Waals surface area contributed by atoms with Crippen LogP contribution in [0, 0.1) is 0 Å². The van der Waals surface area contributed by atoms with Crippen LogP contribution in [-0.4, -0.2) is 24.9 Å². The maximum Gasteiger partial charge on any atom is 0.119 e. The highest BCUT2D eigenvalue weighted by Crippen LogP contribution is 2.21. The van der Waals surface area contributed by atoms with Gasteiger partial charge in [0.05, 0.1) is 17.7 Å². The van der Waals surface area contributed by atoms with Gasteiger partial charge in [0.15, 0.2) is 0 Å². The fourth-order valence-corrected chi connectivity index (χ4v) is 1.50. The van der Waals surface area contributed by atoms with Gasteiger partial charge in [0.1, 0.15) is 5.75 Å². The van der Waals surface area contributed by atoms with Crippen molar-refractivity contribution in [3.63, 3.8) is 0 Å². The molecule has 3 nitrogen and oxygen atoms in total. The van der Waals surface area contributed by atoms with Crippen molar-refractivity contribution in [1.82, 2.24) is 0 Å². The molecule has 0 bridgehead atoms. The first-order valence-electron chi connectivity index (χ1n) is 6.43. The van der Waals surface area contributed by atoms with E-state index in [1.807, 2.05) is 38.1 Å². The molecule has 1 N–H and O–H groups in total. The van der Waals surface area contributed by atoms with Crippen LogP contribution in [0.2, 0.25) is 0 Å². The van der Waals surface area contributed by atoms with Crippen molar-refractivity contribution in [2.75, 3.05) is 12.4 Å². The van der Waals surface area contributed by atoms with Crippen LogP contribution in [0.3, 0.4) is 0 Å². The number of nitrogens with one attached hydrogen (secondary N) is 1. The molecule has 0 aromatic heterocycles. The van der Waals surface area contributed by atoms with Gasteiger partial charge in [-0.1, -0.05) is 0 Å². The van der Waals surface area contributed by atoms with E-state index in [-0.39, 0.29) is 17.7 Å². The molecule has 1 unspecified atom stereocenters. The Balaban J connectivity index is 2.64. The summed E-state index contributed by atoms with van der Waals surface area (Å²) in [6, 6.07) is 8.24. The Bertz CT molecular complexity index is 357. The fourth-order valence-electron chi connectivity index (χ4n) is 1.50. The van der Waals surface area contributed by atoms with Crippen LogP contribution in [0.1, 0.15) is 34.6 Å². The Hall–Kier alpha value is -1.22. The number of ether oxygens (including phenoxy) is 2. The van der Waals surface area contributed by atoms with Gasteiger partial charge >= 0.3 is 0 Å². The normalized spacial score (nSPS) is 13.5. The highest BCUT2D eigenvalue weighted by Gasteiger charge is 2.24. The lowest BCUT2D eigenvalue weighted by Crippen LogP contribution is -2.41. The summed E-state index contributed by atoms with van der Waals surface area (Å²) < 4.78 is 11.1. The van der Waals surface area contributed by atoms with Crippen LogP contribution >= 0.6 is 0 Å². The van der Waals surface area contributed by atoms with Crippen molar-refractivity contribution >= 4 is 5.69 Å². The van der Waals surface area contributed by atoms with E-state index in [0.717, 1.165) is 11.4 Å². The standard InChI is InChI=1S/C15H25NO2/c1-11(2)18-14-9-7-13(8-10-14)16-12(3)15(4,5)17-6/h7-12,16H,1-6H3. The van der Waals surface area contributed by atoms with E-state index in [1.165, 1.54) is 0 Å². The molecule has 0 aliphatic rings. The van der Waals surface area contributed by atoms with Gasteiger partial charge in [0, 0.05) is 12.8 Å². The molecule has 0 saturated carbocycles. The van der Waals surface area contributed by atoms with Gasteiger partial charge in [-0.15, -0.1) is 0 Å². The highest BCUT2D eigenvalue weighted by atomic mass is 16.5. The topological polar surface area (TPSA) is 30.5 Å². The Morgan fingerprint density at radius 2 is 1.61 bits per heavy atom. The molecule has 0 spiro atoms. The first kappa shape index (κ1) is 14.8. The third-order valence-electron chi connectivity index (χ3n) is 3.18. The number of hydrogen-bond acceptors (Lipinski definition) is 3. The third-order valence-corrected chi connectivity index (χ3v) is 3.18. The quantitative estimate of drug-likeness (QED) is 0.836. The minimum absolute atomic E-state index is 0.201. The summed E-state index contributed by atoms with van der Waals surface area (Å²) in [5.74, 6) is 0.897. The van der Waals surface area contributed by atoms with E-state index in [0.29, 0.717) is 0 Å². The number of anilines is 1. The van der Waals surface area contributed by atoms with Crippen LogP contribution in [0.4, 0.5) is 5.69 Å². The fraction of sp³-hybridized carbons (Fsp3) is 0.600. The summed E-state index contributed by atoms with van der Waals surface area (Å²) in [4.78, 5) is 0. The van der Waals surface area contributed by atoms with Gasteiger partial charge in [-0.3, -0.25) is 0 Å². The molecule has 0 heterocycles. The lowest BCUT2D eigenvalue weighted by Gasteiger charge is -2.31. The van der Waals surface area contributed by atoms with Crippen molar-refractivity contribution in [2.24, 2.45) is 0 Å². The molecule has 0 radical (unpaired) electrons. The van der Waals surface area contributed by atoms with Crippen molar-refractivity contribution < 1.29 is 9.47 Å². The van der Waals surface area contributed by atoms with Crippen LogP contribution in [0.25, 0.3) is 0 Å². The summed E-state index contributed by atoms with van der Waals surface area (Å²) in [5, 5.41) is 3.43. The van der Waals surface area contributed by atoms with Crippen molar-refractivity contribution in [3.8, 4) is 5.75 Å². The maximum absolute atomic E-state index is 5.61. The predicted octanol–water partition coefficient (Wildman–Crippen LogP) is 3.70. The first-order valence-corrected chi connectivity index (χ1v) is 6.43. The van der Waals surface area contributed by atoms with Gasteiger partial charge in [-0.25, -0.2) is 0 Å². The third kappa shape index (κ3) is 4.22. The van der Waals surface area contributed by atoms with Crippen molar-refractivity contribution in [1.29, 1.82) is 0 Å². The second-order valence-electron chi connectivity index (χ2n) is 5.36. The van der Waals surface area contributed by atoms with Crippen LogP contribution in [0.15, 0.2) is 24.3 Å². The van der Waals surface area contributed by atoms with E-state index in [1.54, 1.807) is 7.11 Å². The first-order chi connectivity index (χ1) is 8.35. The molecule has 1 rings (SSSR count). The second-order valence-corrected chi connectivity index (χ2v) is 5.36. The lowest BCUT2D eigenvalue weighted by molar-refractivity contribution is 0.0107. The lowest BCUT2D eigenvalue weighted by atomic mass is 10.00. The molecule has 3 heteroatoms. The second kappa shape index (κ2) is 6.10. The molecule has 0 aliphatic carbocycles. The van der Waals surface area contributed by atoms with E-state index in [9.17, 15) is 0 Å². The van der Waals surface area contributed by atoms with Gasteiger partial charge in [-0.2, -0.15) is 0 Å². The predicted molar refractivity (Wildman–Crippen MR) is 76.4 cm³/mol. The summed E-state index contributed by atoms with van der Waals surface area (Å²) in [5.41, 5.74) is 0.872. The zero-order valence-corrected chi connectivity index (χ0v) is 12.3. The van der Waals surface area contributed by atoms with Gasteiger partial charge < -0.3 is 14.8 Å². The molecule has 0 fully saturated rings. The van der Waals surface area contributed by atoms with Gasteiger partial charge in [0.25, 0.3) is 0 Å². The summed E-state index contributed by atoms with van der Waals surface area (Å²) in [6.45, 7) is 10.3. The molecule has 18 heavy (non-hydrogen) atoms. The Morgan fingerprint density at radius 3 is 2.06 bits per heavy atom. The van der Waals surface area contributed by atoms with Gasteiger partial charge in [-0.05, 0) is 58.9 Å². The number of hydrogen-bond donors (Lipinski definition) is 1. The minimum atomic E-state index is -0.201. The summed E-state index contributed by atoms with van der Waals surface area (Å²) in [7, 11) is 1.73. The Kier molecular flexibility index (Phi) is 5.03. The van der Waals surface area contributed by atoms with Crippen molar-refractivity contribution in [3.05, 3.63) is 24.3 Å². The zero-order valence-electron chi connectivity index (χ0n) is 12.3. The largest absolute Gasteiger partial charge is 0.491 e. The molecule has 0 saturated heterocycles. The molecule has 102 valence electrons. The van der Waals surface area contributed by atoms with Crippen LogP contribution in [0.5, 0.6) is 5.75 Å². The zero-order chi connectivity index (χ0) is 13.8. The van der Waals surface area contributed by atoms with Crippen LogP contribution in [-0.2, 0) is 4.74 Å². The Morgan fingerprint density at radius 1 is 1.06 bits per heavy atom. The molecule has 0 aliphatic heterocycles.